The molecule has 2 rings (SSSR count). The fourth-order valence-electron chi connectivity index (χ4n) is 1.84. The summed E-state index contributed by atoms with van der Waals surface area (Å²) < 4.78 is 0. The molecular weight excluding hydrogens is 214 g/mol. The maximum absolute atomic E-state index is 11.7. The number of para-hydroxylation sites is 1. The van der Waals surface area contributed by atoms with Crippen LogP contribution in [0, 0.1) is 0 Å². The van der Waals surface area contributed by atoms with Crippen molar-refractivity contribution in [3.63, 3.8) is 0 Å². The number of likely N-dealkylation sites (N-methyl/N-ethyl adjacent to an activating group) is 1. The van der Waals surface area contributed by atoms with E-state index in [1.54, 1.807) is 0 Å². The van der Waals surface area contributed by atoms with Crippen LogP contribution in [-0.4, -0.2) is 31.0 Å². The van der Waals surface area contributed by atoms with E-state index in [0.29, 0.717) is 13.0 Å². The molecule has 0 atom stereocenters. The van der Waals surface area contributed by atoms with Crippen molar-refractivity contribution < 1.29 is 4.79 Å². The smallest absolute Gasteiger partial charge is 0.224 e. The Morgan fingerprint density at radius 3 is 2.94 bits per heavy atom. The van der Waals surface area contributed by atoms with E-state index >= 15 is 0 Å². The highest BCUT2D eigenvalue weighted by Gasteiger charge is 2.07. The number of hydrogen-bond donors (Lipinski definition) is 3. The molecule has 0 aliphatic heterocycles. The third-order valence-corrected chi connectivity index (χ3v) is 2.72. The lowest BCUT2D eigenvalue weighted by Gasteiger charge is -2.03. The molecule has 1 amide bonds. The SMILES string of the molecule is CNCCNC(=O)Cc1c[nH]c2ccccc12. The van der Waals surface area contributed by atoms with E-state index in [-0.39, 0.29) is 5.91 Å². The molecule has 3 N–H and O–H groups in total. The molecule has 0 radical (unpaired) electrons. The minimum Gasteiger partial charge on any atom is -0.361 e. The Morgan fingerprint density at radius 2 is 2.12 bits per heavy atom. The minimum absolute atomic E-state index is 0.0602. The van der Waals surface area contributed by atoms with Crippen LogP contribution in [0.1, 0.15) is 5.56 Å². The van der Waals surface area contributed by atoms with Crippen molar-refractivity contribution in [1.82, 2.24) is 15.6 Å². The van der Waals surface area contributed by atoms with Crippen molar-refractivity contribution in [2.45, 2.75) is 6.42 Å². The number of carbonyl (C=O) groups excluding carboxylic acids is 1. The van der Waals surface area contributed by atoms with Crippen LogP contribution in [0.4, 0.5) is 0 Å². The normalized spacial score (nSPS) is 10.6. The first-order chi connectivity index (χ1) is 8.31. The molecule has 0 aliphatic carbocycles. The lowest BCUT2D eigenvalue weighted by Crippen LogP contribution is -2.31. The van der Waals surface area contributed by atoms with Crippen molar-refractivity contribution >= 4 is 16.8 Å². The third kappa shape index (κ3) is 2.85. The first kappa shape index (κ1) is 11.7. The predicted octanol–water partition coefficient (Wildman–Crippen LogP) is 1.05. The second kappa shape index (κ2) is 5.50. The van der Waals surface area contributed by atoms with E-state index in [0.717, 1.165) is 23.0 Å². The highest BCUT2D eigenvalue weighted by molar-refractivity contribution is 5.88. The molecule has 2 aromatic rings. The highest BCUT2D eigenvalue weighted by atomic mass is 16.1. The number of aromatic nitrogens is 1. The molecule has 1 aromatic heterocycles. The summed E-state index contributed by atoms with van der Waals surface area (Å²) in [5.41, 5.74) is 2.12. The van der Waals surface area contributed by atoms with Crippen LogP contribution in [0.3, 0.4) is 0 Å². The van der Waals surface area contributed by atoms with E-state index in [9.17, 15) is 4.79 Å². The molecule has 4 heteroatoms. The van der Waals surface area contributed by atoms with Crippen molar-refractivity contribution in [3.05, 3.63) is 36.0 Å². The highest BCUT2D eigenvalue weighted by Crippen LogP contribution is 2.17. The quantitative estimate of drug-likeness (QED) is 0.674. The van der Waals surface area contributed by atoms with Gasteiger partial charge in [-0.3, -0.25) is 4.79 Å². The van der Waals surface area contributed by atoms with Gasteiger partial charge in [0.2, 0.25) is 5.91 Å². The molecule has 0 saturated carbocycles. The Labute approximate surface area is 100 Å². The van der Waals surface area contributed by atoms with Gasteiger partial charge in [0, 0.05) is 30.2 Å². The second-order valence-electron chi connectivity index (χ2n) is 3.99. The first-order valence-electron chi connectivity index (χ1n) is 5.77. The Kier molecular flexibility index (Phi) is 3.77. The lowest BCUT2D eigenvalue weighted by molar-refractivity contribution is -0.120. The minimum atomic E-state index is 0.0602. The summed E-state index contributed by atoms with van der Waals surface area (Å²) in [4.78, 5) is 14.8. The Balaban J connectivity index is 2.01. The van der Waals surface area contributed by atoms with Gasteiger partial charge in [-0.1, -0.05) is 18.2 Å². The predicted molar refractivity (Wildman–Crippen MR) is 68.9 cm³/mol. The number of carbonyl (C=O) groups is 1. The summed E-state index contributed by atoms with van der Waals surface area (Å²) in [5.74, 6) is 0.0602. The Morgan fingerprint density at radius 1 is 1.29 bits per heavy atom. The number of benzene rings is 1. The Hall–Kier alpha value is -1.81. The van der Waals surface area contributed by atoms with Crippen LogP contribution in [0.25, 0.3) is 10.9 Å². The molecule has 0 bridgehead atoms. The van der Waals surface area contributed by atoms with E-state index in [2.05, 4.69) is 15.6 Å². The molecule has 90 valence electrons. The fourth-order valence-corrected chi connectivity index (χ4v) is 1.84. The van der Waals surface area contributed by atoms with Gasteiger partial charge in [-0.05, 0) is 18.7 Å². The first-order valence-corrected chi connectivity index (χ1v) is 5.77. The number of H-pyrrole nitrogens is 1. The van der Waals surface area contributed by atoms with E-state index in [1.165, 1.54) is 0 Å². The number of rotatable bonds is 5. The Bertz CT molecular complexity index is 504. The summed E-state index contributed by atoms with van der Waals surface area (Å²) in [6, 6.07) is 8.01. The van der Waals surface area contributed by atoms with Crippen LogP contribution < -0.4 is 10.6 Å². The maximum atomic E-state index is 11.7. The zero-order valence-electron chi connectivity index (χ0n) is 9.92. The van der Waals surface area contributed by atoms with Crippen LogP contribution in [0.5, 0.6) is 0 Å². The monoisotopic (exact) mass is 231 g/mol. The van der Waals surface area contributed by atoms with Crippen LogP contribution >= 0.6 is 0 Å². The molecule has 0 aliphatic rings. The van der Waals surface area contributed by atoms with Crippen molar-refractivity contribution in [2.75, 3.05) is 20.1 Å². The number of amides is 1. The van der Waals surface area contributed by atoms with Gasteiger partial charge < -0.3 is 15.6 Å². The van der Waals surface area contributed by atoms with Gasteiger partial charge in [0.05, 0.1) is 6.42 Å². The van der Waals surface area contributed by atoms with Gasteiger partial charge in [0.15, 0.2) is 0 Å². The summed E-state index contributed by atoms with van der Waals surface area (Å²) in [6.07, 6.45) is 2.33. The van der Waals surface area contributed by atoms with E-state index in [4.69, 9.17) is 0 Å². The summed E-state index contributed by atoms with van der Waals surface area (Å²) >= 11 is 0. The maximum Gasteiger partial charge on any atom is 0.224 e. The number of fused-ring (bicyclic) bond motifs is 1. The average Bonchev–Trinajstić information content (AvgIpc) is 2.73. The second-order valence-corrected chi connectivity index (χ2v) is 3.99. The zero-order valence-corrected chi connectivity index (χ0v) is 9.92. The molecule has 0 unspecified atom stereocenters. The van der Waals surface area contributed by atoms with Gasteiger partial charge >= 0.3 is 0 Å². The largest absolute Gasteiger partial charge is 0.361 e. The van der Waals surface area contributed by atoms with Crippen molar-refractivity contribution in [2.24, 2.45) is 0 Å². The fraction of sp³-hybridized carbons (Fsp3) is 0.308. The topological polar surface area (TPSA) is 56.9 Å². The summed E-state index contributed by atoms with van der Waals surface area (Å²) in [7, 11) is 1.87. The third-order valence-electron chi connectivity index (χ3n) is 2.72. The molecule has 0 fully saturated rings. The van der Waals surface area contributed by atoms with Crippen molar-refractivity contribution in [3.8, 4) is 0 Å². The molecule has 1 heterocycles. The van der Waals surface area contributed by atoms with Crippen LogP contribution in [-0.2, 0) is 11.2 Å². The number of nitrogens with one attached hydrogen (secondary N) is 3. The number of aromatic amines is 1. The zero-order chi connectivity index (χ0) is 12.1. The van der Waals surface area contributed by atoms with Crippen LogP contribution in [0.15, 0.2) is 30.5 Å². The summed E-state index contributed by atoms with van der Waals surface area (Å²) in [6.45, 7) is 1.46. The number of hydrogen-bond acceptors (Lipinski definition) is 2. The van der Waals surface area contributed by atoms with E-state index in [1.807, 2.05) is 37.5 Å². The average molecular weight is 231 g/mol. The molecule has 0 spiro atoms. The van der Waals surface area contributed by atoms with Crippen LogP contribution in [0.2, 0.25) is 0 Å². The molecule has 1 aromatic carbocycles. The van der Waals surface area contributed by atoms with Gasteiger partial charge in [0.25, 0.3) is 0 Å². The standard InChI is InChI=1S/C13H17N3O/c1-14-6-7-15-13(17)8-10-9-16-12-5-3-2-4-11(10)12/h2-5,9,14,16H,6-8H2,1H3,(H,15,17). The lowest BCUT2D eigenvalue weighted by atomic mass is 10.1. The van der Waals surface area contributed by atoms with Gasteiger partial charge in [0.1, 0.15) is 0 Å². The van der Waals surface area contributed by atoms with Gasteiger partial charge in [-0.25, -0.2) is 0 Å². The van der Waals surface area contributed by atoms with Crippen molar-refractivity contribution in [1.29, 1.82) is 0 Å². The molecule has 17 heavy (non-hydrogen) atoms. The van der Waals surface area contributed by atoms with Gasteiger partial charge in [-0.2, -0.15) is 0 Å². The molecule has 4 nitrogen and oxygen atoms in total. The molecular formula is C13H17N3O. The molecule has 0 saturated heterocycles. The van der Waals surface area contributed by atoms with Gasteiger partial charge in [-0.15, -0.1) is 0 Å². The summed E-state index contributed by atoms with van der Waals surface area (Å²) in [5, 5.41) is 6.98. The van der Waals surface area contributed by atoms with E-state index < -0.39 is 0 Å².